The first kappa shape index (κ1) is 13.8. The van der Waals surface area contributed by atoms with Crippen molar-refractivity contribution in [3.05, 3.63) is 58.9 Å². The highest BCUT2D eigenvalue weighted by atomic mass is 19.1. The van der Waals surface area contributed by atoms with Crippen molar-refractivity contribution in [3.8, 4) is 17.6 Å². The van der Waals surface area contributed by atoms with E-state index < -0.39 is 0 Å². The van der Waals surface area contributed by atoms with Crippen LogP contribution in [0, 0.1) is 24.1 Å². The van der Waals surface area contributed by atoms with Gasteiger partial charge in [0.1, 0.15) is 17.3 Å². The summed E-state index contributed by atoms with van der Waals surface area (Å²) in [5, 5.41) is 8.89. The second-order valence-electron chi connectivity index (χ2n) is 4.39. The molecule has 0 N–H and O–H groups in total. The zero-order valence-corrected chi connectivity index (χ0v) is 11.1. The van der Waals surface area contributed by atoms with E-state index in [0.29, 0.717) is 16.7 Å². The lowest BCUT2D eigenvalue weighted by Gasteiger charge is -2.10. The van der Waals surface area contributed by atoms with Gasteiger partial charge in [-0.3, -0.25) is 4.79 Å². The van der Waals surface area contributed by atoms with Crippen LogP contribution in [0.3, 0.4) is 0 Å². The van der Waals surface area contributed by atoms with Gasteiger partial charge in [-0.2, -0.15) is 5.26 Å². The summed E-state index contributed by atoms with van der Waals surface area (Å²) in [6, 6.07) is 11.0. The SMILES string of the molecule is CC(=O)c1ccc(C#N)cc1Oc1ccc(C)c(F)c1. The summed E-state index contributed by atoms with van der Waals surface area (Å²) in [4.78, 5) is 11.5. The van der Waals surface area contributed by atoms with E-state index in [-0.39, 0.29) is 23.1 Å². The molecule has 3 nitrogen and oxygen atoms in total. The Balaban J connectivity index is 2.43. The number of ether oxygens (including phenoxy) is 1. The van der Waals surface area contributed by atoms with Crippen LogP contribution in [-0.4, -0.2) is 5.78 Å². The molecule has 0 atom stereocenters. The summed E-state index contributed by atoms with van der Waals surface area (Å²) in [5.74, 6) is -0.0362. The van der Waals surface area contributed by atoms with Gasteiger partial charge in [0.15, 0.2) is 5.78 Å². The van der Waals surface area contributed by atoms with Gasteiger partial charge in [-0.05, 0) is 43.7 Å². The van der Waals surface area contributed by atoms with Crippen molar-refractivity contribution in [2.45, 2.75) is 13.8 Å². The lowest BCUT2D eigenvalue weighted by molar-refractivity contribution is 0.101. The van der Waals surface area contributed by atoms with E-state index in [1.165, 1.54) is 25.1 Å². The number of ketones is 1. The molecule has 4 heteroatoms. The van der Waals surface area contributed by atoms with Crippen molar-refractivity contribution < 1.29 is 13.9 Å². The Morgan fingerprint density at radius 2 is 2.00 bits per heavy atom. The van der Waals surface area contributed by atoms with E-state index in [1.807, 2.05) is 6.07 Å². The Labute approximate surface area is 116 Å². The number of nitrogens with zero attached hydrogens (tertiary/aromatic N) is 1. The Morgan fingerprint density at radius 3 is 2.60 bits per heavy atom. The van der Waals surface area contributed by atoms with E-state index >= 15 is 0 Å². The minimum Gasteiger partial charge on any atom is -0.456 e. The second-order valence-corrected chi connectivity index (χ2v) is 4.39. The topological polar surface area (TPSA) is 50.1 Å². The quantitative estimate of drug-likeness (QED) is 0.791. The van der Waals surface area contributed by atoms with Gasteiger partial charge in [0, 0.05) is 6.07 Å². The fourth-order valence-corrected chi connectivity index (χ4v) is 1.73. The van der Waals surface area contributed by atoms with Crippen LogP contribution in [0.5, 0.6) is 11.5 Å². The number of aryl methyl sites for hydroxylation is 1. The molecule has 0 bridgehead atoms. The van der Waals surface area contributed by atoms with Gasteiger partial charge in [-0.15, -0.1) is 0 Å². The fraction of sp³-hybridized carbons (Fsp3) is 0.125. The minimum atomic E-state index is -0.386. The van der Waals surface area contributed by atoms with Crippen LogP contribution in [0.1, 0.15) is 28.4 Å². The molecule has 20 heavy (non-hydrogen) atoms. The maximum absolute atomic E-state index is 13.5. The third-order valence-corrected chi connectivity index (χ3v) is 2.86. The molecule has 0 saturated heterocycles. The molecule has 100 valence electrons. The predicted octanol–water partition coefficient (Wildman–Crippen LogP) is 4.00. The van der Waals surface area contributed by atoms with Crippen LogP contribution in [0.4, 0.5) is 4.39 Å². The molecule has 0 aromatic heterocycles. The lowest BCUT2D eigenvalue weighted by atomic mass is 10.1. The highest BCUT2D eigenvalue weighted by molar-refractivity contribution is 5.97. The molecule has 0 saturated carbocycles. The molecule has 0 radical (unpaired) electrons. The van der Waals surface area contributed by atoms with Gasteiger partial charge < -0.3 is 4.74 Å². The van der Waals surface area contributed by atoms with Crippen LogP contribution in [-0.2, 0) is 0 Å². The first-order chi connectivity index (χ1) is 9.51. The molecule has 2 rings (SSSR count). The Bertz CT molecular complexity index is 717. The van der Waals surface area contributed by atoms with Crippen LogP contribution in [0.25, 0.3) is 0 Å². The number of hydrogen-bond donors (Lipinski definition) is 0. The van der Waals surface area contributed by atoms with Gasteiger partial charge in [0.25, 0.3) is 0 Å². The summed E-state index contributed by atoms with van der Waals surface area (Å²) in [7, 11) is 0. The zero-order valence-electron chi connectivity index (χ0n) is 11.1. The third-order valence-electron chi connectivity index (χ3n) is 2.86. The average Bonchev–Trinajstić information content (AvgIpc) is 2.42. The van der Waals surface area contributed by atoms with Crippen molar-refractivity contribution in [1.82, 2.24) is 0 Å². The van der Waals surface area contributed by atoms with Crippen LogP contribution < -0.4 is 4.74 Å². The standard InChI is InChI=1S/C16H12FNO2/c1-10-3-5-13(8-15(10)17)20-16-7-12(9-18)4-6-14(16)11(2)19/h3-8H,1-2H3. The van der Waals surface area contributed by atoms with Crippen LogP contribution in [0.2, 0.25) is 0 Å². The normalized spacial score (nSPS) is 9.90. The summed E-state index contributed by atoms with van der Waals surface area (Å²) < 4.78 is 19.0. The van der Waals surface area contributed by atoms with Gasteiger partial charge >= 0.3 is 0 Å². The lowest BCUT2D eigenvalue weighted by Crippen LogP contribution is -1.98. The maximum atomic E-state index is 13.5. The zero-order chi connectivity index (χ0) is 14.7. The molecule has 0 unspecified atom stereocenters. The number of carbonyl (C=O) groups excluding carboxylic acids is 1. The number of carbonyl (C=O) groups is 1. The first-order valence-electron chi connectivity index (χ1n) is 6.00. The molecule has 0 aliphatic heterocycles. The van der Waals surface area contributed by atoms with Crippen LogP contribution in [0.15, 0.2) is 36.4 Å². The fourth-order valence-electron chi connectivity index (χ4n) is 1.73. The van der Waals surface area contributed by atoms with Gasteiger partial charge in [-0.25, -0.2) is 4.39 Å². The summed E-state index contributed by atoms with van der Waals surface area (Å²) in [6.45, 7) is 3.06. The molecular formula is C16H12FNO2. The Hall–Kier alpha value is -2.67. The smallest absolute Gasteiger partial charge is 0.163 e. The molecule has 2 aromatic carbocycles. The van der Waals surface area contributed by atoms with Gasteiger partial charge in [0.05, 0.1) is 17.2 Å². The van der Waals surface area contributed by atoms with E-state index in [1.54, 1.807) is 25.1 Å². The molecule has 0 spiro atoms. The Morgan fingerprint density at radius 1 is 1.25 bits per heavy atom. The van der Waals surface area contributed by atoms with Crippen molar-refractivity contribution in [2.75, 3.05) is 0 Å². The third kappa shape index (κ3) is 2.83. The molecule has 0 fully saturated rings. The number of nitriles is 1. The number of benzene rings is 2. The Kier molecular flexibility index (Phi) is 3.81. The number of rotatable bonds is 3. The van der Waals surface area contributed by atoms with Crippen molar-refractivity contribution in [3.63, 3.8) is 0 Å². The predicted molar refractivity (Wildman–Crippen MR) is 72.4 cm³/mol. The van der Waals surface area contributed by atoms with E-state index in [9.17, 15) is 9.18 Å². The largest absolute Gasteiger partial charge is 0.456 e. The van der Waals surface area contributed by atoms with Gasteiger partial charge in [-0.1, -0.05) is 6.07 Å². The summed E-state index contributed by atoms with van der Waals surface area (Å²) in [5.41, 5.74) is 1.23. The number of Topliss-reactive ketones (excluding diaryl/α,β-unsaturated/α-hetero) is 1. The number of halogens is 1. The average molecular weight is 269 g/mol. The molecule has 0 amide bonds. The second kappa shape index (κ2) is 5.54. The van der Waals surface area contributed by atoms with Crippen molar-refractivity contribution >= 4 is 5.78 Å². The molecule has 2 aromatic rings. The molecule has 0 aliphatic rings. The molecule has 0 heterocycles. The molecule has 0 aliphatic carbocycles. The first-order valence-corrected chi connectivity index (χ1v) is 6.00. The summed E-state index contributed by atoms with van der Waals surface area (Å²) in [6.07, 6.45) is 0. The van der Waals surface area contributed by atoms with Crippen molar-refractivity contribution in [1.29, 1.82) is 5.26 Å². The van der Waals surface area contributed by atoms with E-state index in [4.69, 9.17) is 10.00 Å². The highest BCUT2D eigenvalue weighted by Crippen LogP contribution is 2.28. The highest BCUT2D eigenvalue weighted by Gasteiger charge is 2.11. The minimum absolute atomic E-state index is 0.183. The maximum Gasteiger partial charge on any atom is 0.163 e. The van der Waals surface area contributed by atoms with Crippen LogP contribution >= 0.6 is 0 Å². The van der Waals surface area contributed by atoms with Crippen molar-refractivity contribution in [2.24, 2.45) is 0 Å². The molecular weight excluding hydrogens is 257 g/mol. The van der Waals surface area contributed by atoms with E-state index in [0.717, 1.165) is 0 Å². The monoisotopic (exact) mass is 269 g/mol. The number of hydrogen-bond acceptors (Lipinski definition) is 3. The van der Waals surface area contributed by atoms with Gasteiger partial charge in [0.2, 0.25) is 0 Å². The summed E-state index contributed by atoms with van der Waals surface area (Å²) >= 11 is 0. The van der Waals surface area contributed by atoms with E-state index in [2.05, 4.69) is 0 Å².